The second-order valence-corrected chi connectivity index (χ2v) is 6.90. The van der Waals surface area contributed by atoms with Gasteiger partial charge in [-0.3, -0.25) is 4.79 Å². The van der Waals surface area contributed by atoms with Gasteiger partial charge in [0.1, 0.15) is 10.7 Å². The van der Waals surface area contributed by atoms with Gasteiger partial charge in [0.25, 0.3) is 5.91 Å². The normalized spacial score (nSPS) is 12.5. The Hall–Kier alpha value is -1.30. The van der Waals surface area contributed by atoms with Gasteiger partial charge < -0.3 is 16.0 Å². The van der Waals surface area contributed by atoms with Gasteiger partial charge in [0.05, 0.1) is 0 Å². The Morgan fingerprint density at radius 1 is 1.38 bits per heavy atom. The van der Waals surface area contributed by atoms with E-state index < -0.39 is 0 Å². The van der Waals surface area contributed by atoms with Crippen LogP contribution >= 0.6 is 11.3 Å². The van der Waals surface area contributed by atoms with Gasteiger partial charge >= 0.3 is 0 Å². The molecule has 1 rings (SSSR count). The Morgan fingerprint density at radius 3 is 2.62 bits per heavy atom. The molecule has 6 heteroatoms. The Kier molecular flexibility index (Phi) is 6.95. The van der Waals surface area contributed by atoms with E-state index >= 15 is 0 Å². The van der Waals surface area contributed by atoms with Crippen molar-refractivity contribution in [3.8, 4) is 0 Å². The molecular formula is C15H28N4OS. The largest absolute Gasteiger partial charge is 0.382 e. The molecule has 120 valence electrons. The maximum atomic E-state index is 12.3. The van der Waals surface area contributed by atoms with Crippen LogP contribution < -0.4 is 16.0 Å². The third-order valence-electron chi connectivity index (χ3n) is 3.45. The second-order valence-electron chi connectivity index (χ2n) is 5.92. The maximum Gasteiger partial charge on any atom is 0.265 e. The molecule has 1 amide bonds. The number of thiazole rings is 1. The van der Waals surface area contributed by atoms with Crippen molar-refractivity contribution in [2.75, 3.05) is 24.2 Å². The number of nitrogens with two attached hydrogens (primary N) is 1. The summed E-state index contributed by atoms with van der Waals surface area (Å²) in [5, 5.41) is 3.80. The van der Waals surface area contributed by atoms with Gasteiger partial charge in [0.15, 0.2) is 5.13 Å². The van der Waals surface area contributed by atoms with Crippen LogP contribution in [0.25, 0.3) is 0 Å². The first kappa shape index (κ1) is 17.8. The average Bonchev–Trinajstić information content (AvgIpc) is 2.79. The quantitative estimate of drug-likeness (QED) is 0.773. The Balaban J connectivity index is 2.57. The van der Waals surface area contributed by atoms with Crippen molar-refractivity contribution >= 4 is 28.2 Å². The number of anilines is 2. The third-order valence-corrected chi connectivity index (χ3v) is 4.63. The lowest BCUT2D eigenvalue weighted by Crippen LogP contribution is -2.32. The van der Waals surface area contributed by atoms with E-state index in [-0.39, 0.29) is 11.9 Å². The lowest BCUT2D eigenvalue weighted by molar-refractivity contribution is 0.0942. The minimum Gasteiger partial charge on any atom is -0.382 e. The van der Waals surface area contributed by atoms with Crippen LogP contribution in [-0.2, 0) is 0 Å². The van der Waals surface area contributed by atoms with E-state index in [1.165, 1.54) is 17.8 Å². The van der Waals surface area contributed by atoms with E-state index in [9.17, 15) is 4.79 Å². The average molecular weight is 312 g/mol. The number of carbonyl (C=O) groups excluding carboxylic acids is 1. The fraction of sp³-hybridized carbons (Fsp3) is 0.733. The van der Waals surface area contributed by atoms with Gasteiger partial charge in [0.2, 0.25) is 0 Å². The summed E-state index contributed by atoms with van der Waals surface area (Å²) < 4.78 is 0. The van der Waals surface area contributed by atoms with E-state index in [4.69, 9.17) is 5.73 Å². The number of carbonyl (C=O) groups is 1. The molecule has 0 radical (unpaired) electrons. The zero-order valence-corrected chi connectivity index (χ0v) is 14.6. The number of nitrogens with zero attached hydrogens (tertiary/aromatic N) is 2. The van der Waals surface area contributed by atoms with Crippen molar-refractivity contribution in [3.05, 3.63) is 4.88 Å². The second kappa shape index (κ2) is 8.22. The standard InChI is InChI=1S/C15H28N4OS/c1-6-19(5)15-18-13(16)12(21-15)14(20)17-11(4)9-7-8-10(2)3/h10-11H,6-9,16H2,1-5H3,(H,17,20). The molecule has 0 aliphatic rings. The topological polar surface area (TPSA) is 71.2 Å². The Morgan fingerprint density at radius 2 is 2.05 bits per heavy atom. The number of nitrogen functional groups attached to an aromatic ring is 1. The summed E-state index contributed by atoms with van der Waals surface area (Å²) in [6.07, 6.45) is 3.31. The first-order valence-corrected chi connectivity index (χ1v) is 8.45. The zero-order valence-electron chi connectivity index (χ0n) is 13.8. The van der Waals surface area contributed by atoms with Gasteiger partial charge in [-0.15, -0.1) is 0 Å². The fourth-order valence-corrected chi connectivity index (χ4v) is 2.89. The van der Waals surface area contributed by atoms with Crippen LogP contribution in [0.15, 0.2) is 0 Å². The highest BCUT2D eigenvalue weighted by atomic mass is 32.1. The monoisotopic (exact) mass is 312 g/mol. The number of amides is 1. The van der Waals surface area contributed by atoms with E-state index in [1.807, 2.05) is 25.8 Å². The summed E-state index contributed by atoms with van der Waals surface area (Å²) >= 11 is 1.35. The summed E-state index contributed by atoms with van der Waals surface area (Å²) in [7, 11) is 1.94. The molecule has 1 atom stereocenters. The molecule has 0 spiro atoms. The van der Waals surface area contributed by atoms with Gasteiger partial charge in [0, 0.05) is 19.6 Å². The van der Waals surface area contributed by atoms with Crippen LogP contribution in [-0.4, -0.2) is 30.5 Å². The minimum atomic E-state index is -0.113. The summed E-state index contributed by atoms with van der Waals surface area (Å²) in [5.41, 5.74) is 5.86. The molecule has 0 aromatic carbocycles. The van der Waals surface area contributed by atoms with Crippen LogP contribution in [0.3, 0.4) is 0 Å². The predicted octanol–water partition coefficient (Wildman–Crippen LogP) is 3.13. The molecule has 0 saturated heterocycles. The smallest absolute Gasteiger partial charge is 0.265 e. The molecule has 5 nitrogen and oxygen atoms in total. The highest BCUT2D eigenvalue weighted by Crippen LogP contribution is 2.27. The van der Waals surface area contributed by atoms with Gasteiger partial charge in [-0.05, 0) is 26.2 Å². The predicted molar refractivity (Wildman–Crippen MR) is 91.1 cm³/mol. The minimum absolute atomic E-state index is 0.113. The van der Waals surface area contributed by atoms with Crippen molar-refractivity contribution in [1.82, 2.24) is 10.3 Å². The summed E-state index contributed by atoms with van der Waals surface area (Å²) in [4.78, 5) is 19.0. The van der Waals surface area contributed by atoms with Crippen molar-refractivity contribution in [2.24, 2.45) is 5.92 Å². The molecule has 21 heavy (non-hydrogen) atoms. The third kappa shape index (κ3) is 5.53. The van der Waals surface area contributed by atoms with Crippen molar-refractivity contribution < 1.29 is 4.79 Å². The number of rotatable bonds is 8. The zero-order chi connectivity index (χ0) is 16.0. The molecule has 1 unspecified atom stereocenters. The molecule has 1 aromatic rings. The number of hydrogen-bond donors (Lipinski definition) is 2. The molecule has 3 N–H and O–H groups in total. The SMILES string of the molecule is CCN(C)c1nc(N)c(C(=O)NC(C)CCCC(C)C)s1. The van der Waals surface area contributed by atoms with Crippen LogP contribution in [0, 0.1) is 5.92 Å². The van der Waals surface area contributed by atoms with E-state index in [2.05, 4.69) is 24.1 Å². The molecule has 0 bridgehead atoms. The molecule has 1 heterocycles. The summed E-state index contributed by atoms with van der Waals surface area (Å²) in [5.74, 6) is 0.914. The number of aromatic nitrogens is 1. The highest BCUT2D eigenvalue weighted by molar-refractivity contribution is 7.18. The Labute approximate surface area is 131 Å². The fourth-order valence-electron chi connectivity index (χ4n) is 1.98. The van der Waals surface area contributed by atoms with E-state index in [1.54, 1.807) is 0 Å². The van der Waals surface area contributed by atoms with Crippen LogP contribution in [0.1, 0.15) is 56.6 Å². The molecule has 0 saturated carbocycles. The first-order chi connectivity index (χ1) is 9.85. The molecule has 1 aromatic heterocycles. The number of nitrogens with one attached hydrogen (secondary N) is 1. The van der Waals surface area contributed by atoms with Gasteiger partial charge in [-0.1, -0.05) is 38.0 Å². The van der Waals surface area contributed by atoms with Crippen LogP contribution in [0.4, 0.5) is 10.9 Å². The van der Waals surface area contributed by atoms with Crippen molar-refractivity contribution in [1.29, 1.82) is 0 Å². The van der Waals surface area contributed by atoms with Gasteiger partial charge in [-0.25, -0.2) is 4.98 Å². The van der Waals surface area contributed by atoms with E-state index in [0.29, 0.717) is 16.6 Å². The highest BCUT2D eigenvalue weighted by Gasteiger charge is 2.19. The molecule has 0 aliphatic heterocycles. The van der Waals surface area contributed by atoms with Crippen LogP contribution in [0.5, 0.6) is 0 Å². The lowest BCUT2D eigenvalue weighted by atomic mass is 10.0. The van der Waals surface area contributed by atoms with Crippen molar-refractivity contribution in [3.63, 3.8) is 0 Å². The van der Waals surface area contributed by atoms with E-state index in [0.717, 1.165) is 24.5 Å². The number of hydrogen-bond acceptors (Lipinski definition) is 5. The Bertz CT molecular complexity index is 459. The van der Waals surface area contributed by atoms with Crippen molar-refractivity contribution in [2.45, 2.75) is 53.0 Å². The molecule has 0 aliphatic carbocycles. The van der Waals surface area contributed by atoms with Crippen LogP contribution in [0.2, 0.25) is 0 Å². The lowest BCUT2D eigenvalue weighted by Gasteiger charge is -2.14. The summed E-state index contributed by atoms with van der Waals surface area (Å²) in [6, 6.07) is 0.158. The maximum absolute atomic E-state index is 12.3. The molecular weight excluding hydrogens is 284 g/mol. The van der Waals surface area contributed by atoms with Gasteiger partial charge in [-0.2, -0.15) is 0 Å². The molecule has 0 fully saturated rings. The summed E-state index contributed by atoms with van der Waals surface area (Å²) in [6.45, 7) is 9.34. The first-order valence-electron chi connectivity index (χ1n) is 7.63.